The van der Waals surface area contributed by atoms with E-state index in [0.717, 1.165) is 0 Å². The van der Waals surface area contributed by atoms with Crippen molar-refractivity contribution >= 4 is 29.1 Å². The number of hydrogen-bond acceptors (Lipinski definition) is 5. The van der Waals surface area contributed by atoms with Crippen LogP contribution in [0.1, 0.15) is 22.7 Å². The predicted molar refractivity (Wildman–Crippen MR) is 83.3 cm³/mol. The van der Waals surface area contributed by atoms with Crippen LogP contribution in [0.5, 0.6) is 5.75 Å². The molecule has 0 radical (unpaired) electrons. The Morgan fingerprint density at radius 3 is 2.77 bits per heavy atom. The van der Waals surface area contributed by atoms with Crippen LogP contribution in [0.15, 0.2) is 28.8 Å². The number of para-hydroxylation sites is 1. The Bertz CT molecular complexity index is 626. The van der Waals surface area contributed by atoms with Gasteiger partial charge in [0.05, 0.1) is 10.0 Å². The Morgan fingerprint density at radius 2 is 2.09 bits per heavy atom. The molecule has 0 aliphatic carbocycles. The maximum atomic E-state index is 11.8. The van der Waals surface area contributed by atoms with Gasteiger partial charge in [-0.3, -0.25) is 4.79 Å². The summed E-state index contributed by atoms with van der Waals surface area (Å²) >= 11 is 12.0. The van der Waals surface area contributed by atoms with E-state index in [2.05, 4.69) is 10.5 Å². The Balaban J connectivity index is 1.93. The molecule has 8 heteroatoms. The Kier molecular flexibility index (Phi) is 6.06. The first kappa shape index (κ1) is 16.6. The lowest BCUT2D eigenvalue weighted by molar-refractivity contribution is 0.0944. The molecule has 2 rings (SSSR count). The van der Waals surface area contributed by atoms with Crippen LogP contribution >= 0.6 is 23.2 Å². The number of carbonyl (C=O) groups is 1. The van der Waals surface area contributed by atoms with E-state index in [4.69, 9.17) is 38.2 Å². The van der Waals surface area contributed by atoms with Crippen molar-refractivity contribution in [1.29, 1.82) is 0 Å². The molecular weight excluding hydrogens is 329 g/mol. The van der Waals surface area contributed by atoms with Crippen LogP contribution in [-0.2, 0) is 6.61 Å². The van der Waals surface area contributed by atoms with Gasteiger partial charge in [-0.25, -0.2) is 0 Å². The molecule has 0 saturated carbocycles. The highest BCUT2D eigenvalue weighted by molar-refractivity contribution is 6.37. The molecule has 118 valence electrons. The van der Waals surface area contributed by atoms with E-state index < -0.39 is 0 Å². The van der Waals surface area contributed by atoms with E-state index in [1.54, 1.807) is 18.2 Å². The number of nitrogens with two attached hydrogens (primary N) is 1. The lowest BCUT2D eigenvalue weighted by Crippen LogP contribution is -2.26. The number of ether oxygens (including phenoxy) is 1. The molecule has 22 heavy (non-hydrogen) atoms. The molecule has 3 N–H and O–H groups in total. The monoisotopic (exact) mass is 343 g/mol. The standard InChI is InChI=1S/C14H15Cl2N3O3/c15-10-3-1-4-11(16)13(10)21-8-9-7-12(19-22-9)14(20)18-6-2-5-17/h1,3-4,7H,2,5-6,8,17H2,(H,18,20). The minimum atomic E-state index is -0.320. The van der Waals surface area contributed by atoms with Crippen LogP contribution in [0.4, 0.5) is 0 Å². The van der Waals surface area contributed by atoms with Crippen molar-refractivity contribution < 1.29 is 14.1 Å². The van der Waals surface area contributed by atoms with Crippen LogP contribution in [0.2, 0.25) is 10.0 Å². The number of carbonyl (C=O) groups excluding carboxylic acids is 1. The number of nitrogens with zero attached hydrogens (tertiary/aromatic N) is 1. The van der Waals surface area contributed by atoms with Crippen molar-refractivity contribution in [3.63, 3.8) is 0 Å². The molecule has 1 heterocycles. The highest BCUT2D eigenvalue weighted by atomic mass is 35.5. The third kappa shape index (κ3) is 4.37. The van der Waals surface area contributed by atoms with E-state index >= 15 is 0 Å². The fourth-order valence-electron chi connectivity index (χ4n) is 1.65. The fourth-order valence-corrected chi connectivity index (χ4v) is 2.15. The van der Waals surface area contributed by atoms with Crippen molar-refractivity contribution in [1.82, 2.24) is 10.5 Å². The van der Waals surface area contributed by atoms with Crippen molar-refractivity contribution in [3.05, 3.63) is 45.8 Å². The molecule has 1 aromatic carbocycles. The lowest BCUT2D eigenvalue weighted by Gasteiger charge is -2.07. The average Bonchev–Trinajstić information content (AvgIpc) is 2.96. The first-order valence-corrected chi connectivity index (χ1v) is 7.38. The quantitative estimate of drug-likeness (QED) is 0.754. The first-order chi connectivity index (χ1) is 10.6. The topological polar surface area (TPSA) is 90.4 Å². The second-order valence-corrected chi connectivity index (χ2v) is 5.23. The Morgan fingerprint density at radius 1 is 1.36 bits per heavy atom. The molecule has 0 bridgehead atoms. The molecule has 2 aromatic rings. The summed E-state index contributed by atoms with van der Waals surface area (Å²) in [4.78, 5) is 11.8. The molecule has 0 aliphatic rings. The largest absolute Gasteiger partial charge is 0.482 e. The van der Waals surface area contributed by atoms with Crippen molar-refractivity contribution in [2.75, 3.05) is 13.1 Å². The maximum Gasteiger partial charge on any atom is 0.273 e. The van der Waals surface area contributed by atoms with Crippen molar-refractivity contribution in [2.45, 2.75) is 13.0 Å². The number of aromatic nitrogens is 1. The molecule has 0 spiro atoms. The summed E-state index contributed by atoms with van der Waals surface area (Å²) in [5.74, 6) is 0.426. The summed E-state index contributed by atoms with van der Waals surface area (Å²) < 4.78 is 10.5. The number of benzene rings is 1. The maximum absolute atomic E-state index is 11.8. The number of halogens is 2. The smallest absolute Gasteiger partial charge is 0.273 e. The van der Waals surface area contributed by atoms with Gasteiger partial charge in [0.1, 0.15) is 6.61 Å². The van der Waals surface area contributed by atoms with Crippen molar-refractivity contribution in [3.8, 4) is 5.75 Å². The van der Waals surface area contributed by atoms with E-state index in [1.807, 2.05) is 0 Å². The zero-order valence-electron chi connectivity index (χ0n) is 11.6. The highest BCUT2D eigenvalue weighted by Crippen LogP contribution is 2.32. The van der Waals surface area contributed by atoms with E-state index in [1.165, 1.54) is 6.07 Å². The minimum Gasteiger partial charge on any atom is -0.482 e. The van der Waals surface area contributed by atoms with Gasteiger partial charge >= 0.3 is 0 Å². The summed E-state index contributed by atoms with van der Waals surface area (Å²) in [5.41, 5.74) is 5.53. The van der Waals surface area contributed by atoms with Crippen LogP contribution in [0.25, 0.3) is 0 Å². The zero-order chi connectivity index (χ0) is 15.9. The molecule has 1 aromatic heterocycles. The second kappa shape index (κ2) is 8.03. The van der Waals surface area contributed by atoms with Crippen LogP contribution in [0, 0.1) is 0 Å². The van der Waals surface area contributed by atoms with Crippen LogP contribution in [-0.4, -0.2) is 24.2 Å². The SMILES string of the molecule is NCCCNC(=O)c1cc(COc2c(Cl)cccc2Cl)on1. The average molecular weight is 344 g/mol. The molecule has 0 aliphatic heterocycles. The first-order valence-electron chi connectivity index (χ1n) is 6.62. The normalized spacial score (nSPS) is 10.5. The zero-order valence-corrected chi connectivity index (χ0v) is 13.2. The van der Waals surface area contributed by atoms with Crippen LogP contribution in [0.3, 0.4) is 0 Å². The van der Waals surface area contributed by atoms with E-state index in [-0.39, 0.29) is 18.2 Å². The molecule has 0 fully saturated rings. The molecule has 1 amide bonds. The van der Waals surface area contributed by atoms with Gasteiger partial charge < -0.3 is 20.3 Å². The Hall–Kier alpha value is -1.76. The molecular formula is C14H15Cl2N3O3. The molecule has 0 saturated heterocycles. The highest BCUT2D eigenvalue weighted by Gasteiger charge is 2.13. The van der Waals surface area contributed by atoms with Crippen LogP contribution < -0.4 is 15.8 Å². The number of nitrogens with one attached hydrogen (secondary N) is 1. The van der Waals surface area contributed by atoms with E-state index in [9.17, 15) is 4.79 Å². The van der Waals surface area contributed by atoms with Gasteiger partial charge in [-0.2, -0.15) is 0 Å². The van der Waals surface area contributed by atoms with Gasteiger partial charge in [0.25, 0.3) is 5.91 Å². The molecule has 0 atom stereocenters. The van der Waals surface area contributed by atoms with Gasteiger partial charge in [-0.05, 0) is 25.1 Å². The number of hydrogen-bond donors (Lipinski definition) is 2. The van der Waals surface area contributed by atoms with E-state index in [0.29, 0.717) is 41.1 Å². The van der Waals surface area contributed by atoms with Gasteiger partial charge in [-0.1, -0.05) is 34.4 Å². The fraction of sp³-hybridized carbons (Fsp3) is 0.286. The molecule has 0 unspecified atom stereocenters. The van der Waals surface area contributed by atoms with Gasteiger partial charge in [0.15, 0.2) is 17.2 Å². The van der Waals surface area contributed by atoms with Gasteiger partial charge in [0, 0.05) is 12.6 Å². The lowest BCUT2D eigenvalue weighted by atomic mass is 10.3. The summed E-state index contributed by atoms with van der Waals surface area (Å²) in [6.45, 7) is 1.06. The second-order valence-electron chi connectivity index (χ2n) is 4.42. The van der Waals surface area contributed by atoms with Gasteiger partial charge in [-0.15, -0.1) is 0 Å². The third-order valence-electron chi connectivity index (χ3n) is 2.74. The third-order valence-corrected chi connectivity index (χ3v) is 3.33. The summed E-state index contributed by atoms with van der Waals surface area (Å²) in [6.07, 6.45) is 0.699. The minimum absolute atomic E-state index is 0.0620. The molecule has 6 nitrogen and oxygen atoms in total. The predicted octanol–water partition coefficient (Wildman–Crippen LogP) is 2.64. The van der Waals surface area contributed by atoms with Crippen molar-refractivity contribution in [2.24, 2.45) is 5.73 Å². The summed E-state index contributed by atoms with van der Waals surface area (Å²) in [7, 11) is 0. The Labute approximate surface area is 137 Å². The summed E-state index contributed by atoms with van der Waals surface area (Å²) in [5, 5.41) is 7.16. The summed E-state index contributed by atoms with van der Waals surface area (Å²) in [6, 6.07) is 6.55. The van der Waals surface area contributed by atoms with Gasteiger partial charge in [0.2, 0.25) is 0 Å². The number of amides is 1. The number of rotatable bonds is 7.